The van der Waals surface area contributed by atoms with Crippen LogP contribution in [0.2, 0.25) is 0 Å². The van der Waals surface area contributed by atoms with Crippen LogP contribution in [0.15, 0.2) is 76.2 Å². The highest BCUT2D eigenvalue weighted by Crippen LogP contribution is 2.21. The smallest absolute Gasteiger partial charge is 0.273 e. The van der Waals surface area contributed by atoms with Gasteiger partial charge in [0.25, 0.3) is 5.91 Å². The second-order valence-electron chi connectivity index (χ2n) is 6.58. The van der Waals surface area contributed by atoms with Crippen molar-refractivity contribution in [1.29, 1.82) is 0 Å². The van der Waals surface area contributed by atoms with Gasteiger partial charge in [0, 0.05) is 10.9 Å². The lowest BCUT2D eigenvalue weighted by molar-refractivity contribution is 0.0954. The molecule has 0 aliphatic heterocycles. The largest absolute Gasteiger partial charge is 0.455 e. The van der Waals surface area contributed by atoms with Gasteiger partial charge in [-0.05, 0) is 44.2 Å². The maximum atomic E-state index is 12.5. The minimum Gasteiger partial charge on any atom is -0.455 e. The summed E-state index contributed by atoms with van der Waals surface area (Å²) in [6.07, 6.45) is 1.48. The van der Waals surface area contributed by atoms with E-state index < -0.39 is 0 Å². The normalized spacial score (nSPS) is 11.2. The maximum Gasteiger partial charge on any atom is 0.273 e. The molecule has 4 rings (SSSR count). The third-order valence-electron chi connectivity index (χ3n) is 4.45. The van der Waals surface area contributed by atoms with Crippen LogP contribution in [0, 0.1) is 13.8 Å². The highest BCUT2D eigenvalue weighted by molar-refractivity contribution is 5.99. The van der Waals surface area contributed by atoms with E-state index in [1.54, 1.807) is 0 Å². The van der Waals surface area contributed by atoms with E-state index in [0.29, 0.717) is 17.0 Å². The van der Waals surface area contributed by atoms with Crippen LogP contribution in [0.5, 0.6) is 0 Å². The van der Waals surface area contributed by atoms with Gasteiger partial charge in [0.15, 0.2) is 0 Å². The monoisotopic (exact) mass is 369 g/mol. The number of nitrogens with zero attached hydrogens (tertiary/aromatic N) is 2. The molecule has 4 aromatic rings. The molecule has 0 saturated carbocycles. The lowest BCUT2D eigenvalue weighted by Crippen LogP contribution is -2.19. The zero-order chi connectivity index (χ0) is 19.5. The van der Waals surface area contributed by atoms with Crippen molar-refractivity contribution in [3.63, 3.8) is 0 Å². The summed E-state index contributed by atoms with van der Waals surface area (Å²) >= 11 is 0. The van der Waals surface area contributed by atoms with Crippen molar-refractivity contribution in [3.05, 3.63) is 89.3 Å². The summed E-state index contributed by atoms with van der Waals surface area (Å²) in [5.74, 6) is 1.00. The fourth-order valence-electron chi connectivity index (χ4n) is 3.02. The molecular weight excluding hydrogens is 350 g/mol. The van der Waals surface area contributed by atoms with Gasteiger partial charge in [-0.25, -0.2) is 5.43 Å². The number of aryl methyl sites for hydroxylation is 2. The number of carbonyl (C=O) groups is 1. The zero-order valence-electron chi connectivity index (χ0n) is 15.6. The number of nitrogens with one attached hydrogen (secondary N) is 1. The number of hydrogen-bond acceptors (Lipinski definition) is 4. The number of hydrogen-bond donors (Lipinski definition) is 1. The van der Waals surface area contributed by atoms with Gasteiger partial charge in [0.2, 0.25) is 0 Å². The number of aromatic nitrogens is 1. The summed E-state index contributed by atoms with van der Waals surface area (Å²) in [6, 6.07) is 21.3. The second kappa shape index (κ2) is 7.48. The Morgan fingerprint density at radius 2 is 1.86 bits per heavy atom. The molecule has 5 nitrogen and oxygen atoms in total. The molecule has 0 spiro atoms. The molecule has 2 aromatic carbocycles. The van der Waals surface area contributed by atoms with Crippen LogP contribution in [0.4, 0.5) is 0 Å². The molecule has 1 amide bonds. The van der Waals surface area contributed by atoms with E-state index in [4.69, 9.17) is 4.42 Å². The molecule has 0 aliphatic carbocycles. The number of fused-ring (bicyclic) bond motifs is 1. The van der Waals surface area contributed by atoms with Gasteiger partial charge in [-0.2, -0.15) is 5.10 Å². The first-order valence-electron chi connectivity index (χ1n) is 8.97. The van der Waals surface area contributed by atoms with Crippen molar-refractivity contribution in [1.82, 2.24) is 10.4 Å². The number of rotatable bonds is 4. The molecule has 0 atom stereocenters. The molecular formula is C23H19N3O2. The Kier molecular flexibility index (Phi) is 4.72. The predicted octanol–water partition coefficient (Wildman–Crippen LogP) is 4.88. The summed E-state index contributed by atoms with van der Waals surface area (Å²) in [4.78, 5) is 17.0. The highest BCUT2D eigenvalue weighted by Gasteiger charge is 2.11. The second-order valence-corrected chi connectivity index (χ2v) is 6.58. The molecule has 5 heteroatoms. The molecule has 0 fully saturated rings. The fraction of sp³-hybridized carbons (Fsp3) is 0.0870. The van der Waals surface area contributed by atoms with Crippen molar-refractivity contribution < 1.29 is 9.21 Å². The first-order chi connectivity index (χ1) is 13.6. The van der Waals surface area contributed by atoms with Crippen molar-refractivity contribution in [3.8, 4) is 11.3 Å². The van der Waals surface area contributed by atoms with Gasteiger partial charge in [-0.1, -0.05) is 42.0 Å². The average molecular weight is 369 g/mol. The van der Waals surface area contributed by atoms with E-state index in [1.807, 2.05) is 80.6 Å². The van der Waals surface area contributed by atoms with E-state index in [0.717, 1.165) is 27.8 Å². The Hall–Kier alpha value is -3.73. The quantitative estimate of drug-likeness (QED) is 0.412. The summed E-state index contributed by atoms with van der Waals surface area (Å²) in [6.45, 7) is 3.83. The van der Waals surface area contributed by atoms with Crippen LogP contribution in [0.1, 0.15) is 27.4 Å². The lowest BCUT2D eigenvalue weighted by atomic mass is 10.1. The topological polar surface area (TPSA) is 67.5 Å². The van der Waals surface area contributed by atoms with Gasteiger partial charge in [-0.15, -0.1) is 0 Å². The number of carbonyl (C=O) groups excluding carboxylic acids is 1. The third-order valence-corrected chi connectivity index (χ3v) is 4.45. The number of benzene rings is 2. The number of amides is 1. The predicted molar refractivity (Wildman–Crippen MR) is 110 cm³/mol. The minimum absolute atomic E-state index is 0.306. The van der Waals surface area contributed by atoms with Crippen LogP contribution < -0.4 is 5.43 Å². The molecule has 28 heavy (non-hydrogen) atoms. The van der Waals surface area contributed by atoms with E-state index in [-0.39, 0.29) is 5.91 Å². The standard InChI is InChI=1S/C23H19N3O2/c1-15-8-10-21-18(12-15)13-20(16(2)25-21)23(27)26-24-14-19-9-11-22(28-19)17-6-4-3-5-7-17/h3-14H,1-2H3,(H,26,27). The van der Waals surface area contributed by atoms with Crippen molar-refractivity contribution in [2.24, 2.45) is 5.10 Å². The molecule has 0 aliphatic rings. The van der Waals surface area contributed by atoms with Crippen LogP contribution in [-0.4, -0.2) is 17.1 Å². The Labute approximate surface area is 162 Å². The first-order valence-corrected chi connectivity index (χ1v) is 8.97. The van der Waals surface area contributed by atoms with Crippen LogP contribution >= 0.6 is 0 Å². The van der Waals surface area contributed by atoms with E-state index >= 15 is 0 Å². The average Bonchev–Trinajstić information content (AvgIpc) is 3.17. The van der Waals surface area contributed by atoms with Gasteiger partial charge in [0.1, 0.15) is 11.5 Å². The van der Waals surface area contributed by atoms with E-state index in [9.17, 15) is 4.79 Å². The van der Waals surface area contributed by atoms with Crippen molar-refractivity contribution >= 4 is 23.0 Å². The molecule has 0 unspecified atom stereocenters. The molecule has 0 radical (unpaired) electrons. The fourth-order valence-corrected chi connectivity index (χ4v) is 3.02. The zero-order valence-corrected chi connectivity index (χ0v) is 15.6. The Balaban J connectivity index is 1.49. The number of pyridine rings is 1. The van der Waals surface area contributed by atoms with E-state index in [2.05, 4.69) is 15.5 Å². The van der Waals surface area contributed by atoms with Gasteiger partial charge in [-0.3, -0.25) is 9.78 Å². The summed E-state index contributed by atoms with van der Waals surface area (Å²) in [5, 5.41) is 4.95. The Morgan fingerprint density at radius 1 is 1.04 bits per heavy atom. The third kappa shape index (κ3) is 3.69. The highest BCUT2D eigenvalue weighted by atomic mass is 16.3. The molecule has 0 bridgehead atoms. The molecule has 2 heterocycles. The van der Waals surface area contributed by atoms with Crippen LogP contribution in [0.25, 0.3) is 22.2 Å². The van der Waals surface area contributed by atoms with Crippen LogP contribution in [-0.2, 0) is 0 Å². The minimum atomic E-state index is -0.306. The lowest BCUT2D eigenvalue weighted by Gasteiger charge is -2.06. The number of hydrazone groups is 1. The Bertz CT molecular complexity index is 1180. The summed E-state index contributed by atoms with van der Waals surface area (Å²) < 4.78 is 5.74. The Morgan fingerprint density at radius 3 is 2.68 bits per heavy atom. The van der Waals surface area contributed by atoms with Gasteiger partial charge < -0.3 is 4.42 Å². The maximum absolute atomic E-state index is 12.5. The molecule has 0 saturated heterocycles. The van der Waals surface area contributed by atoms with Gasteiger partial charge in [0.05, 0.1) is 23.0 Å². The first kappa shape index (κ1) is 17.7. The number of furan rings is 1. The van der Waals surface area contributed by atoms with Gasteiger partial charge >= 0.3 is 0 Å². The van der Waals surface area contributed by atoms with Crippen molar-refractivity contribution in [2.45, 2.75) is 13.8 Å². The summed E-state index contributed by atoms with van der Waals surface area (Å²) in [7, 11) is 0. The molecule has 2 aromatic heterocycles. The molecule has 1 N–H and O–H groups in total. The van der Waals surface area contributed by atoms with E-state index in [1.165, 1.54) is 6.21 Å². The van der Waals surface area contributed by atoms with Crippen LogP contribution in [0.3, 0.4) is 0 Å². The molecule has 138 valence electrons. The summed E-state index contributed by atoms with van der Waals surface area (Å²) in [5.41, 5.74) is 6.68. The SMILES string of the molecule is Cc1ccc2nc(C)c(C(=O)NN=Cc3ccc(-c4ccccc4)o3)cc2c1. The van der Waals surface area contributed by atoms with Crippen molar-refractivity contribution in [2.75, 3.05) is 0 Å².